The van der Waals surface area contributed by atoms with Gasteiger partial charge in [0.2, 0.25) is 0 Å². The number of nitrogens with one attached hydrogen (secondary N) is 1. The fraction of sp³-hybridized carbons (Fsp3) is 0.115. The molecule has 0 radical (unpaired) electrons. The van der Waals surface area contributed by atoms with E-state index >= 15 is 0 Å². The second-order valence-corrected chi connectivity index (χ2v) is 7.96. The summed E-state index contributed by atoms with van der Waals surface area (Å²) in [6.45, 7) is 1.94. The van der Waals surface area contributed by atoms with Crippen molar-refractivity contribution in [2.75, 3.05) is 24.4 Å². The van der Waals surface area contributed by atoms with E-state index in [-0.39, 0.29) is 22.2 Å². The van der Waals surface area contributed by atoms with Crippen molar-refractivity contribution in [1.82, 2.24) is 0 Å². The van der Waals surface area contributed by atoms with Crippen molar-refractivity contribution in [3.8, 4) is 17.2 Å². The SMILES string of the molecule is COc1ccc(N2C(=O)C(Cl)=C(Nc3ccc(C(=O)Oc4ccc(C)cc4)cc3)C2=O)c(OC)c1. The monoisotopic (exact) mass is 492 g/mol. The summed E-state index contributed by atoms with van der Waals surface area (Å²) in [5, 5.41) is 2.60. The summed E-state index contributed by atoms with van der Waals surface area (Å²) in [7, 11) is 2.91. The number of halogens is 1. The molecule has 8 nitrogen and oxygen atoms in total. The molecule has 0 unspecified atom stereocenters. The molecule has 1 aliphatic heterocycles. The van der Waals surface area contributed by atoms with Gasteiger partial charge in [0.15, 0.2) is 0 Å². The van der Waals surface area contributed by atoms with Crippen LogP contribution in [0.25, 0.3) is 0 Å². The molecule has 35 heavy (non-hydrogen) atoms. The number of hydrogen-bond donors (Lipinski definition) is 1. The number of rotatable bonds is 7. The maximum atomic E-state index is 13.1. The van der Waals surface area contributed by atoms with Crippen molar-refractivity contribution in [2.24, 2.45) is 0 Å². The molecular formula is C26H21ClN2O6. The summed E-state index contributed by atoms with van der Waals surface area (Å²) in [6, 6.07) is 18.1. The number of hydrogen-bond acceptors (Lipinski definition) is 7. The molecule has 1 heterocycles. The Morgan fingerprint density at radius 3 is 2.14 bits per heavy atom. The molecule has 0 saturated heterocycles. The highest BCUT2D eigenvalue weighted by molar-refractivity contribution is 6.53. The van der Waals surface area contributed by atoms with E-state index in [1.807, 2.05) is 19.1 Å². The quantitative estimate of drug-likeness (QED) is 0.291. The molecule has 0 bridgehead atoms. The minimum atomic E-state index is -0.694. The molecule has 1 N–H and O–H groups in total. The maximum absolute atomic E-state index is 13.1. The van der Waals surface area contributed by atoms with Gasteiger partial charge in [-0.25, -0.2) is 9.69 Å². The van der Waals surface area contributed by atoms with E-state index in [9.17, 15) is 14.4 Å². The van der Waals surface area contributed by atoms with Crippen LogP contribution in [0.1, 0.15) is 15.9 Å². The van der Waals surface area contributed by atoms with Crippen LogP contribution in [0.2, 0.25) is 0 Å². The standard InChI is InChI=1S/C26H21ClN2O6/c1-15-4-10-18(11-5-15)35-26(32)16-6-8-17(9-7-16)28-23-22(27)24(30)29(25(23)31)20-13-12-19(33-2)14-21(20)34-3/h4-14,28H,1-3H3. The minimum absolute atomic E-state index is 0.0930. The van der Waals surface area contributed by atoms with Crippen molar-refractivity contribution >= 4 is 40.8 Å². The molecule has 0 atom stereocenters. The minimum Gasteiger partial charge on any atom is -0.497 e. The van der Waals surface area contributed by atoms with Gasteiger partial charge in [0, 0.05) is 11.8 Å². The Hall–Kier alpha value is -4.30. The molecule has 3 aromatic carbocycles. The zero-order valence-corrected chi connectivity index (χ0v) is 19.9. The summed E-state index contributed by atoms with van der Waals surface area (Å²) in [5.74, 6) is -0.657. The summed E-state index contributed by atoms with van der Waals surface area (Å²) in [5.41, 5.74) is 1.96. The van der Waals surface area contributed by atoms with Crippen molar-refractivity contribution < 1.29 is 28.6 Å². The van der Waals surface area contributed by atoms with Gasteiger partial charge in [0.05, 0.1) is 25.5 Å². The zero-order chi connectivity index (χ0) is 25.1. The van der Waals surface area contributed by atoms with Gasteiger partial charge in [0.25, 0.3) is 11.8 Å². The smallest absolute Gasteiger partial charge is 0.343 e. The molecule has 2 amide bonds. The van der Waals surface area contributed by atoms with Gasteiger partial charge in [-0.2, -0.15) is 0 Å². The number of anilines is 2. The maximum Gasteiger partial charge on any atom is 0.343 e. The number of ether oxygens (including phenoxy) is 3. The zero-order valence-electron chi connectivity index (χ0n) is 19.1. The molecule has 0 spiro atoms. The van der Waals surface area contributed by atoms with Gasteiger partial charge in [-0.1, -0.05) is 29.3 Å². The Balaban J connectivity index is 1.50. The fourth-order valence-electron chi connectivity index (χ4n) is 3.41. The number of carbonyl (C=O) groups is 3. The van der Waals surface area contributed by atoms with Crippen molar-refractivity contribution in [2.45, 2.75) is 6.92 Å². The molecule has 0 saturated carbocycles. The Morgan fingerprint density at radius 1 is 0.857 bits per heavy atom. The number of aryl methyl sites for hydroxylation is 1. The van der Waals surface area contributed by atoms with E-state index in [4.69, 9.17) is 25.8 Å². The van der Waals surface area contributed by atoms with E-state index in [1.165, 1.54) is 20.3 Å². The summed E-state index contributed by atoms with van der Waals surface area (Å²) in [6.07, 6.45) is 0. The van der Waals surface area contributed by atoms with Crippen LogP contribution in [0.4, 0.5) is 11.4 Å². The van der Waals surface area contributed by atoms with Gasteiger partial charge in [-0.15, -0.1) is 0 Å². The van der Waals surface area contributed by atoms with Crippen LogP contribution >= 0.6 is 11.6 Å². The average molecular weight is 493 g/mol. The average Bonchev–Trinajstić information content (AvgIpc) is 3.08. The number of esters is 1. The number of carbonyl (C=O) groups excluding carboxylic acids is 3. The molecule has 1 aliphatic rings. The lowest BCUT2D eigenvalue weighted by Gasteiger charge is -2.18. The van der Waals surface area contributed by atoms with E-state index < -0.39 is 17.8 Å². The lowest BCUT2D eigenvalue weighted by Crippen LogP contribution is -2.32. The number of benzene rings is 3. The second kappa shape index (κ2) is 9.90. The van der Waals surface area contributed by atoms with Crippen molar-refractivity contribution in [1.29, 1.82) is 0 Å². The first-order chi connectivity index (χ1) is 16.8. The van der Waals surface area contributed by atoms with Gasteiger partial charge in [-0.05, 0) is 55.5 Å². The Kier molecular flexibility index (Phi) is 6.75. The molecule has 0 aromatic heterocycles. The van der Waals surface area contributed by atoms with Crippen molar-refractivity contribution in [3.05, 3.63) is 88.6 Å². The predicted octanol–water partition coefficient (Wildman–Crippen LogP) is 4.67. The lowest BCUT2D eigenvalue weighted by atomic mass is 10.2. The summed E-state index contributed by atoms with van der Waals surface area (Å²) < 4.78 is 15.8. The summed E-state index contributed by atoms with van der Waals surface area (Å²) in [4.78, 5) is 39.2. The Morgan fingerprint density at radius 2 is 1.51 bits per heavy atom. The first kappa shape index (κ1) is 23.8. The van der Waals surface area contributed by atoms with Gasteiger partial charge in [0.1, 0.15) is 28.0 Å². The largest absolute Gasteiger partial charge is 0.497 e. The van der Waals surface area contributed by atoms with Crippen LogP contribution in [0.5, 0.6) is 17.2 Å². The van der Waals surface area contributed by atoms with E-state index in [0.29, 0.717) is 22.7 Å². The fourth-order valence-corrected chi connectivity index (χ4v) is 3.62. The Labute approximate surface area is 206 Å². The molecule has 0 aliphatic carbocycles. The predicted molar refractivity (Wildman–Crippen MR) is 131 cm³/mol. The molecule has 3 aromatic rings. The highest BCUT2D eigenvalue weighted by Crippen LogP contribution is 2.37. The first-order valence-electron chi connectivity index (χ1n) is 10.5. The number of methoxy groups -OCH3 is 2. The lowest BCUT2D eigenvalue weighted by molar-refractivity contribution is -0.120. The van der Waals surface area contributed by atoms with Gasteiger partial charge in [-0.3, -0.25) is 9.59 Å². The summed E-state index contributed by atoms with van der Waals surface area (Å²) >= 11 is 6.22. The van der Waals surface area contributed by atoms with Crippen LogP contribution in [-0.2, 0) is 9.59 Å². The first-order valence-corrected chi connectivity index (χ1v) is 10.9. The highest BCUT2D eigenvalue weighted by Gasteiger charge is 2.40. The number of nitrogens with zero attached hydrogens (tertiary/aromatic N) is 1. The van der Waals surface area contributed by atoms with E-state index in [1.54, 1.807) is 48.5 Å². The number of imide groups is 1. The third-order valence-corrected chi connectivity index (χ3v) is 5.63. The Bertz CT molecular complexity index is 1330. The third-order valence-electron chi connectivity index (χ3n) is 5.28. The van der Waals surface area contributed by atoms with Crippen LogP contribution in [0, 0.1) is 6.92 Å². The van der Waals surface area contributed by atoms with Crippen LogP contribution in [0.3, 0.4) is 0 Å². The van der Waals surface area contributed by atoms with Gasteiger partial charge >= 0.3 is 5.97 Å². The van der Waals surface area contributed by atoms with E-state index in [0.717, 1.165) is 10.5 Å². The van der Waals surface area contributed by atoms with Crippen LogP contribution in [-0.4, -0.2) is 32.0 Å². The highest BCUT2D eigenvalue weighted by atomic mass is 35.5. The topological polar surface area (TPSA) is 94.2 Å². The molecular weight excluding hydrogens is 472 g/mol. The molecule has 9 heteroatoms. The molecule has 0 fully saturated rings. The number of amides is 2. The van der Waals surface area contributed by atoms with E-state index in [2.05, 4.69) is 5.32 Å². The van der Waals surface area contributed by atoms with Crippen LogP contribution in [0.15, 0.2) is 77.5 Å². The third kappa shape index (κ3) is 4.83. The molecule has 178 valence electrons. The second-order valence-electron chi connectivity index (χ2n) is 7.58. The van der Waals surface area contributed by atoms with Crippen LogP contribution < -0.4 is 24.4 Å². The van der Waals surface area contributed by atoms with Gasteiger partial charge < -0.3 is 19.5 Å². The normalized spacial score (nSPS) is 13.2. The van der Waals surface area contributed by atoms with Crippen molar-refractivity contribution in [3.63, 3.8) is 0 Å². The molecule has 4 rings (SSSR count).